The zero-order valence-corrected chi connectivity index (χ0v) is 6.20. The Morgan fingerprint density at radius 3 is 2.50 bits per heavy atom. The summed E-state index contributed by atoms with van der Waals surface area (Å²) in [5.41, 5.74) is 0. The molecule has 0 heterocycles. The first-order chi connectivity index (χ1) is 3.81. The summed E-state index contributed by atoms with van der Waals surface area (Å²) in [5.74, 6) is 0. The average molecular weight is 115 g/mol. The second-order valence-electron chi connectivity index (χ2n) is 2.33. The van der Waals surface area contributed by atoms with E-state index in [9.17, 15) is 0 Å². The Morgan fingerprint density at radius 1 is 1.50 bits per heavy atom. The van der Waals surface area contributed by atoms with Gasteiger partial charge < -0.3 is 5.32 Å². The van der Waals surface area contributed by atoms with Crippen LogP contribution in [0.4, 0.5) is 0 Å². The van der Waals surface area contributed by atoms with Crippen LogP contribution in [-0.2, 0) is 0 Å². The van der Waals surface area contributed by atoms with Crippen LogP contribution < -0.4 is 5.32 Å². The van der Waals surface area contributed by atoms with Gasteiger partial charge in [0.2, 0.25) is 0 Å². The molecular formula is C7H17N. The van der Waals surface area contributed by atoms with Crippen LogP contribution in [0.5, 0.6) is 0 Å². The molecule has 0 saturated carbocycles. The maximum Gasteiger partial charge on any atom is 0.00357 e. The van der Waals surface area contributed by atoms with Gasteiger partial charge in [-0.2, -0.15) is 0 Å². The first kappa shape index (κ1) is 7.96. The second-order valence-corrected chi connectivity index (χ2v) is 2.33. The predicted octanol–water partition coefficient (Wildman–Crippen LogP) is 1.78. The highest BCUT2D eigenvalue weighted by molar-refractivity contribution is 4.54. The second kappa shape index (κ2) is 5.10. The lowest BCUT2D eigenvalue weighted by atomic mass is 10.1. The fraction of sp³-hybridized carbons (Fsp3) is 1.00. The molecule has 0 aromatic carbocycles. The Morgan fingerprint density at radius 2 is 2.12 bits per heavy atom. The summed E-state index contributed by atoms with van der Waals surface area (Å²) in [4.78, 5) is 0. The fourth-order valence-corrected chi connectivity index (χ4v) is 0.655. The van der Waals surface area contributed by atoms with Gasteiger partial charge in [0.15, 0.2) is 0 Å². The average Bonchev–Trinajstić information content (AvgIpc) is 1.83. The van der Waals surface area contributed by atoms with E-state index >= 15 is 0 Å². The number of rotatable bonds is 4. The summed E-state index contributed by atoms with van der Waals surface area (Å²) in [6.07, 6.45) is 3.97. The summed E-state index contributed by atoms with van der Waals surface area (Å²) in [5, 5.41) is 3.20. The van der Waals surface area contributed by atoms with Gasteiger partial charge in [-0.25, -0.2) is 0 Å². The zero-order chi connectivity index (χ0) is 6.41. The highest BCUT2D eigenvalue weighted by Gasteiger charge is 1.93. The van der Waals surface area contributed by atoms with E-state index in [2.05, 4.69) is 19.2 Å². The van der Waals surface area contributed by atoms with Crippen molar-refractivity contribution in [2.75, 3.05) is 7.05 Å². The van der Waals surface area contributed by atoms with Crippen molar-refractivity contribution in [2.24, 2.45) is 0 Å². The molecule has 1 unspecified atom stereocenters. The summed E-state index contributed by atoms with van der Waals surface area (Å²) in [6.45, 7) is 4.44. The van der Waals surface area contributed by atoms with Crippen molar-refractivity contribution in [1.82, 2.24) is 5.32 Å². The minimum atomic E-state index is 0.704. The number of nitrogens with one attached hydrogen (secondary N) is 1. The Hall–Kier alpha value is -0.0400. The maximum absolute atomic E-state index is 3.20. The van der Waals surface area contributed by atoms with Gasteiger partial charge in [0.1, 0.15) is 0 Å². The SMILES string of the molecule is CCCCC(C)NC. The molecule has 50 valence electrons. The topological polar surface area (TPSA) is 12.0 Å². The molecule has 0 spiro atoms. The number of hydrogen-bond acceptors (Lipinski definition) is 1. The molecule has 1 nitrogen and oxygen atoms in total. The van der Waals surface area contributed by atoms with Gasteiger partial charge in [-0.3, -0.25) is 0 Å². The molecule has 0 radical (unpaired) electrons. The highest BCUT2D eigenvalue weighted by Crippen LogP contribution is 1.97. The summed E-state index contributed by atoms with van der Waals surface area (Å²) < 4.78 is 0. The molecule has 0 rings (SSSR count). The van der Waals surface area contributed by atoms with Gasteiger partial charge in [-0.15, -0.1) is 0 Å². The van der Waals surface area contributed by atoms with E-state index in [4.69, 9.17) is 0 Å². The van der Waals surface area contributed by atoms with Gasteiger partial charge in [0.25, 0.3) is 0 Å². The van der Waals surface area contributed by atoms with E-state index < -0.39 is 0 Å². The van der Waals surface area contributed by atoms with Crippen LogP contribution in [0, 0.1) is 0 Å². The van der Waals surface area contributed by atoms with Crippen molar-refractivity contribution in [3.05, 3.63) is 0 Å². The molecule has 0 fully saturated rings. The monoisotopic (exact) mass is 115 g/mol. The lowest BCUT2D eigenvalue weighted by molar-refractivity contribution is 0.537. The largest absolute Gasteiger partial charge is 0.317 e. The molecule has 0 amide bonds. The lowest BCUT2D eigenvalue weighted by Crippen LogP contribution is -2.20. The van der Waals surface area contributed by atoms with E-state index in [0.29, 0.717) is 6.04 Å². The molecule has 0 aromatic rings. The normalized spacial score (nSPS) is 13.9. The first-order valence-electron chi connectivity index (χ1n) is 3.48. The van der Waals surface area contributed by atoms with Crippen LogP contribution in [0.15, 0.2) is 0 Å². The Bertz CT molecular complexity index is 43.7. The van der Waals surface area contributed by atoms with Crippen LogP contribution >= 0.6 is 0 Å². The van der Waals surface area contributed by atoms with Crippen molar-refractivity contribution in [2.45, 2.75) is 39.2 Å². The summed E-state index contributed by atoms with van der Waals surface area (Å²) in [6, 6.07) is 0.704. The number of unbranched alkanes of at least 4 members (excludes halogenated alkanes) is 1. The van der Waals surface area contributed by atoms with Gasteiger partial charge >= 0.3 is 0 Å². The third kappa shape index (κ3) is 4.13. The van der Waals surface area contributed by atoms with Crippen LogP contribution in [0.1, 0.15) is 33.1 Å². The summed E-state index contributed by atoms with van der Waals surface area (Å²) >= 11 is 0. The third-order valence-electron chi connectivity index (χ3n) is 1.48. The molecule has 1 N–H and O–H groups in total. The van der Waals surface area contributed by atoms with E-state index in [1.807, 2.05) is 7.05 Å². The van der Waals surface area contributed by atoms with Gasteiger partial charge in [0, 0.05) is 6.04 Å². The van der Waals surface area contributed by atoms with Gasteiger partial charge in [-0.05, 0) is 20.4 Å². The highest BCUT2D eigenvalue weighted by atomic mass is 14.8. The molecule has 0 bridgehead atoms. The van der Waals surface area contributed by atoms with Crippen molar-refractivity contribution >= 4 is 0 Å². The predicted molar refractivity (Wildman–Crippen MR) is 38.0 cm³/mol. The van der Waals surface area contributed by atoms with Crippen LogP contribution in [0.25, 0.3) is 0 Å². The molecule has 0 aliphatic carbocycles. The minimum Gasteiger partial charge on any atom is -0.317 e. The smallest absolute Gasteiger partial charge is 0.00357 e. The van der Waals surface area contributed by atoms with E-state index in [0.717, 1.165) is 0 Å². The lowest BCUT2D eigenvalue weighted by Gasteiger charge is -2.06. The summed E-state index contributed by atoms with van der Waals surface area (Å²) in [7, 11) is 2.01. The molecule has 0 aliphatic heterocycles. The van der Waals surface area contributed by atoms with Gasteiger partial charge in [-0.1, -0.05) is 19.8 Å². The Balaban J connectivity index is 2.86. The molecule has 1 atom stereocenters. The molecule has 8 heavy (non-hydrogen) atoms. The van der Waals surface area contributed by atoms with E-state index in [1.54, 1.807) is 0 Å². The van der Waals surface area contributed by atoms with E-state index in [-0.39, 0.29) is 0 Å². The van der Waals surface area contributed by atoms with Crippen LogP contribution in [0.2, 0.25) is 0 Å². The third-order valence-corrected chi connectivity index (χ3v) is 1.48. The zero-order valence-electron chi connectivity index (χ0n) is 6.20. The van der Waals surface area contributed by atoms with Crippen molar-refractivity contribution < 1.29 is 0 Å². The van der Waals surface area contributed by atoms with Crippen LogP contribution in [0.3, 0.4) is 0 Å². The molecule has 0 saturated heterocycles. The Labute approximate surface area is 52.5 Å². The van der Waals surface area contributed by atoms with Crippen LogP contribution in [-0.4, -0.2) is 13.1 Å². The number of hydrogen-bond donors (Lipinski definition) is 1. The Kier molecular flexibility index (Phi) is 5.08. The molecule has 1 heteroatoms. The molecular weight excluding hydrogens is 98.1 g/mol. The minimum absolute atomic E-state index is 0.704. The molecule has 0 aromatic heterocycles. The van der Waals surface area contributed by atoms with E-state index in [1.165, 1.54) is 19.3 Å². The standard InChI is InChI=1S/C7H17N/c1-4-5-6-7(2)8-3/h7-8H,4-6H2,1-3H3. The van der Waals surface area contributed by atoms with Crippen molar-refractivity contribution in [3.63, 3.8) is 0 Å². The quantitative estimate of drug-likeness (QED) is 0.589. The first-order valence-corrected chi connectivity index (χ1v) is 3.48. The van der Waals surface area contributed by atoms with Gasteiger partial charge in [0.05, 0.1) is 0 Å². The molecule has 0 aliphatic rings. The van der Waals surface area contributed by atoms with Crippen molar-refractivity contribution in [1.29, 1.82) is 0 Å². The maximum atomic E-state index is 3.20. The van der Waals surface area contributed by atoms with Crippen molar-refractivity contribution in [3.8, 4) is 0 Å². The fourth-order valence-electron chi connectivity index (χ4n) is 0.655.